The van der Waals surface area contributed by atoms with Gasteiger partial charge in [0.15, 0.2) is 0 Å². The zero-order chi connectivity index (χ0) is 27.4. The van der Waals surface area contributed by atoms with Gasteiger partial charge in [-0.15, -0.1) is 5.10 Å². The molecule has 0 spiro atoms. The van der Waals surface area contributed by atoms with Gasteiger partial charge in [0.2, 0.25) is 5.95 Å². The molecule has 38 heavy (non-hydrogen) atoms. The summed E-state index contributed by atoms with van der Waals surface area (Å²) in [5, 5.41) is 21.8. The van der Waals surface area contributed by atoms with Crippen LogP contribution in [0.2, 0.25) is 0 Å². The first-order valence-electron chi connectivity index (χ1n) is 11.7. The molecule has 3 heterocycles. The molecule has 1 aromatic carbocycles. The number of nitrogens with one attached hydrogen (secondary N) is 1. The number of carboxylic acids is 1. The second kappa shape index (κ2) is 11.4. The van der Waals surface area contributed by atoms with Crippen molar-refractivity contribution in [1.82, 2.24) is 24.5 Å². The molecule has 4 aromatic rings. The Morgan fingerprint density at radius 2 is 1.79 bits per heavy atom. The SMILES string of the molecule is COc1cccc(OC)c1-c1ccc(CC(Nc2nc(N(C)C)ncc2-c2c(C)nsc2C)C(=O)O)nn1. The summed E-state index contributed by atoms with van der Waals surface area (Å²) in [6, 6.07) is 7.94. The van der Waals surface area contributed by atoms with Crippen molar-refractivity contribution in [2.45, 2.75) is 26.3 Å². The summed E-state index contributed by atoms with van der Waals surface area (Å²) in [6.45, 7) is 3.87. The Morgan fingerprint density at radius 1 is 1.08 bits per heavy atom. The molecular weight excluding hydrogens is 506 g/mol. The standard InChI is InChI=1S/C26H29N7O4S/c1-14-22(15(2)38-32-14)17-13-27-26(33(3)4)29-24(17)28-19(25(34)35)12-16-10-11-18(31-30-16)23-20(36-5)8-7-9-21(23)37-6/h7-11,13,19H,12H2,1-6H3,(H,34,35)(H,27,28,29). The first kappa shape index (κ1) is 26.7. The van der Waals surface area contributed by atoms with E-state index in [1.54, 1.807) is 37.4 Å². The second-order valence-electron chi connectivity index (χ2n) is 8.71. The van der Waals surface area contributed by atoms with Crippen LogP contribution in [0.3, 0.4) is 0 Å². The Hall–Kier alpha value is -4.32. The maximum atomic E-state index is 12.3. The monoisotopic (exact) mass is 535 g/mol. The summed E-state index contributed by atoms with van der Waals surface area (Å²) in [5.41, 5.74) is 4.12. The maximum absolute atomic E-state index is 12.3. The summed E-state index contributed by atoms with van der Waals surface area (Å²) in [7, 11) is 6.79. The molecule has 11 nitrogen and oxygen atoms in total. The number of aromatic nitrogens is 5. The summed E-state index contributed by atoms with van der Waals surface area (Å²) in [4.78, 5) is 24.1. The molecule has 1 unspecified atom stereocenters. The minimum atomic E-state index is -1.05. The third-order valence-electron chi connectivity index (χ3n) is 5.90. The van der Waals surface area contributed by atoms with Crippen molar-refractivity contribution in [3.05, 3.63) is 52.8 Å². The topological polar surface area (TPSA) is 135 Å². The van der Waals surface area contributed by atoms with E-state index >= 15 is 0 Å². The number of rotatable bonds is 10. The fourth-order valence-electron chi connectivity index (χ4n) is 4.03. The first-order valence-corrected chi connectivity index (χ1v) is 12.5. The molecule has 0 saturated carbocycles. The van der Waals surface area contributed by atoms with E-state index in [-0.39, 0.29) is 6.42 Å². The van der Waals surface area contributed by atoms with E-state index < -0.39 is 12.0 Å². The van der Waals surface area contributed by atoms with E-state index in [1.165, 1.54) is 11.5 Å². The van der Waals surface area contributed by atoms with Gasteiger partial charge in [0.05, 0.1) is 31.2 Å². The molecule has 198 valence electrons. The number of carboxylic acid groups (broad SMARTS) is 1. The minimum Gasteiger partial charge on any atom is -0.496 e. The fraction of sp³-hybridized carbons (Fsp3) is 0.308. The van der Waals surface area contributed by atoms with Gasteiger partial charge in [-0.25, -0.2) is 9.78 Å². The summed E-state index contributed by atoms with van der Waals surface area (Å²) in [5.74, 6) is 1.01. The Labute approximate surface area is 224 Å². The Kier molecular flexibility index (Phi) is 8.01. The van der Waals surface area contributed by atoms with Crippen molar-refractivity contribution in [1.29, 1.82) is 0 Å². The zero-order valence-corrected chi connectivity index (χ0v) is 22.8. The van der Waals surface area contributed by atoms with Gasteiger partial charge in [-0.1, -0.05) is 6.07 Å². The highest BCUT2D eigenvalue weighted by atomic mass is 32.1. The normalized spacial score (nSPS) is 11.6. The second-order valence-corrected chi connectivity index (χ2v) is 9.69. The van der Waals surface area contributed by atoms with Crippen LogP contribution in [0.4, 0.5) is 11.8 Å². The highest BCUT2D eigenvalue weighted by Crippen LogP contribution is 2.37. The number of aryl methyl sites for hydroxylation is 2. The van der Waals surface area contributed by atoms with Gasteiger partial charge >= 0.3 is 5.97 Å². The lowest BCUT2D eigenvalue weighted by molar-refractivity contribution is -0.137. The number of benzene rings is 1. The van der Waals surface area contributed by atoms with Crippen molar-refractivity contribution in [2.75, 3.05) is 38.5 Å². The van der Waals surface area contributed by atoms with E-state index in [0.717, 1.165) is 16.1 Å². The van der Waals surface area contributed by atoms with Crippen LogP contribution >= 0.6 is 11.5 Å². The molecule has 0 bridgehead atoms. The molecule has 0 aliphatic carbocycles. The average Bonchev–Trinajstić information content (AvgIpc) is 3.25. The van der Waals surface area contributed by atoms with Gasteiger partial charge in [0.25, 0.3) is 0 Å². The quantitative estimate of drug-likeness (QED) is 0.306. The van der Waals surface area contributed by atoms with Crippen LogP contribution < -0.4 is 19.7 Å². The first-order chi connectivity index (χ1) is 18.2. The van der Waals surface area contributed by atoms with Gasteiger partial charge < -0.3 is 24.8 Å². The molecule has 0 radical (unpaired) electrons. The number of hydrogen-bond acceptors (Lipinski definition) is 11. The summed E-state index contributed by atoms with van der Waals surface area (Å²) < 4.78 is 15.4. The van der Waals surface area contributed by atoms with Crippen LogP contribution in [-0.2, 0) is 11.2 Å². The molecule has 3 aromatic heterocycles. The number of hydrogen-bond donors (Lipinski definition) is 2. The Balaban J connectivity index is 1.65. The van der Waals surface area contributed by atoms with E-state index in [4.69, 9.17) is 9.47 Å². The van der Waals surface area contributed by atoms with E-state index in [1.807, 2.05) is 46.1 Å². The van der Waals surface area contributed by atoms with E-state index in [0.29, 0.717) is 45.8 Å². The lowest BCUT2D eigenvalue weighted by Crippen LogP contribution is -2.33. The maximum Gasteiger partial charge on any atom is 0.326 e. The van der Waals surface area contributed by atoms with Crippen LogP contribution in [0.1, 0.15) is 16.3 Å². The number of anilines is 2. The molecule has 0 amide bonds. The van der Waals surface area contributed by atoms with E-state index in [2.05, 4.69) is 29.9 Å². The largest absolute Gasteiger partial charge is 0.496 e. The summed E-state index contributed by atoms with van der Waals surface area (Å²) >= 11 is 1.38. The van der Waals surface area contributed by atoms with Crippen molar-refractivity contribution < 1.29 is 19.4 Å². The Bertz CT molecular complexity index is 1400. The lowest BCUT2D eigenvalue weighted by atomic mass is 10.1. The van der Waals surface area contributed by atoms with Gasteiger partial charge in [-0.05, 0) is 49.6 Å². The zero-order valence-electron chi connectivity index (χ0n) is 22.0. The van der Waals surface area contributed by atoms with Crippen molar-refractivity contribution in [3.63, 3.8) is 0 Å². The number of aliphatic carboxylic acids is 1. The fourth-order valence-corrected chi connectivity index (χ4v) is 4.74. The lowest BCUT2D eigenvalue weighted by Gasteiger charge is -2.19. The van der Waals surface area contributed by atoms with Gasteiger partial charge in [-0.2, -0.15) is 14.5 Å². The highest BCUT2D eigenvalue weighted by molar-refractivity contribution is 7.06. The van der Waals surface area contributed by atoms with Crippen LogP contribution in [0, 0.1) is 13.8 Å². The smallest absolute Gasteiger partial charge is 0.326 e. The van der Waals surface area contributed by atoms with Gasteiger partial charge in [0.1, 0.15) is 29.1 Å². The van der Waals surface area contributed by atoms with Crippen molar-refractivity contribution >= 4 is 29.3 Å². The molecule has 12 heteroatoms. The van der Waals surface area contributed by atoms with E-state index in [9.17, 15) is 9.90 Å². The third-order valence-corrected chi connectivity index (χ3v) is 6.75. The van der Waals surface area contributed by atoms with Gasteiger partial charge in [-0.3, -0.25) is 0 Å². The van der Waals surface area contributed by atoms with Crippen LogP contribution in [0.25, 0.3) is 22.4 Å². The highest BCUT2D eigenvalue weighted by Gasteiger charge is 2.24. The Morgan fingerprint density at radius 3 is 2.32 bits per heavy atom. The molecule has 4 rings (SSSR count). The number of nitrogens with zero attached hydrogens (tertiary/aromatic N) is 6. The molecule has 1 atom stereocenters. The molecular formula is C26H29N7O4S. The minimum absolute atomic E-state index is 0.0757. The van der Waals surface area contributed by atoms with Crippen LogP contribution in [0.5, 0.6) is 11.5 Å². The number of methoxy groups -OCH3 is 2. The molecule has 0 aliphatic rings. The number of carbonyl (C=O) groups is 1. The molecule has 0 saturated heterocycles. The molecule has 0 aliphatic heterocycles. The predicted molar refractivity (Wildman–Crippen MR) is 146 cm³/mol. The molecule has 2 N–H and O–H groups in total. The predicted octanol–water partition coefficient (Wildman–Crippen LogP) is 3.86. The van der Waals surface area contributed by atoms with Crippen LogP contribution in [-0.4, -0.2) is 70.0 Å². The van der Waals surface area contributed by atoms with Crippen molar-refractivity contribution in [3.8, 4) is 33.9 Å². The van der Waals surface area contributed by atoms with Crippen LogP contribution in [0.15, 0.2) is 36.5 Å². The third kappa shape index (κ3) is 5.49. The summed E-state index contributed by atoms with van der Waals surface area (Å²) in [6.07, 6.45) is 1.77. The average molecular weight is 536 g/mol. The number of ether oxygens (including phenoxy) is 2. The van der Waals surface area contributed by atoms with Gasteiger partial charge in [0, 0.05) is 42.7 Å². The van der Waals surface area contributed by atoms with Crippen molar-refractivity contribution in [2.24, 2.45) is 0 Å². The molecule has 0 fully saturated rings.